The third kappa shape index (κ3) is 3.64. The Balaban J connectivity index is 1.70. The Bertz CT molecular complexity index is 591. The minimum absolute atomic E-state index is 0.484. The lowest BCUT2D eigenvalue weighted by atomic mass is 10.1. The van der Waals surface area contributed by atoms with Gasteiger partial charge in [-0.3, -0.25) is 4.90 Å². The molecule has 3 nitrogen and oxygen atoms in total. The molecule has 0 radical (unpaired) electrons. The van der Waals surface area contributed by atoms with Crippen molar-refractivity contribution in [3.8, 4) is 10.6 Å². The van der Waals surface area contributed by atoms with Crippen LogP contribution in [0.4, 0.5) is 0 Å². The number of alkyl halides is 1. The summed E-state index contributed by atoms with van der Waals surface area (Å²) >= 11 is 7.61. The maximum Gasteiger partial charge on any atom is 0.123 e. The van der Waals surface area contributed by atoms with Crippen molar-refractivity contribution in [2.24, 2.45) is 0 Å². The summed E-state index contributed by atoms with van der Waals surface area (Å²) in [7, 11) is 0. The van der Waals surface area contributed by atoms with Crippen molar-refractivity contribution in [1.82, 2.24) is 9.88 Å². The molecule has 0 spiro atoms. The lowest BCUT2D eigenvalue weighted by Gasteiger charge is -2.26. The van der Waals surface area contributed by atoms with Gasteiger partial charge in [-0.15, -0.1) is 22.9 Å². The predicted octanol–water partition coefficient (Wildman–Crippen LogP) is 3.69. The van der Waals surface area contributed by atoms with E-state index in [4.69, 9.17) is 16.3 Å². The minimum Gasteiger partial charge on any atom is -0.379 e. The minimum atomic E-state index is 0.484. The van der Waals surface area contributed by atoms with E-state index in [0.29, 0.717) is 5.88 Å². The van der Waals surface area contributed by atoms with Crippen LogP contribution in [0, 0.1) is 6.92 Å². The molecule has 1 aromatic carbocycles. The van der Waals surface area contributed by atoms with Crippen LogP contribution in [0.5, 0.6) is 0 Å². The molecule has 1 aromatic heterocycles. The molecule has 1 saturated heterocycles. The molecule has 0 amide bonds. The third-order valence-electron chi connectivity index (χ3n) is 3.73. The van der Waals surface area contributed by atoms with Gasteiger partial charge in [0.2, 0.25) is 0 Å². The number of morpholine rings is 1. The number of rotatable bonds is 4. The number of hydrogen-bond acceptors (Lipinski definition) is 4. The first kappa shape index (κ1) is 15.0. The van der Waals surface area contributed by atoms with Crippen molar-refractivity contribution in [3.63, 3.8) is 0 Å². The largest absolute Gasteiger partial charge is 0.379 e. The molecule has 5 heteroatoms. The molecule has 2 aromatic rings. The van der Waals surface area contributed by atoms with E-state index < -0.39 is 0 Å². The summed E-state index contributed by atoms with van der Waals surface area (Å²) < 4.78 is 5.38. The molecule has 0 N–H and O–H groups in total. The SMILES string of the molecule is Cc1sc(-c2ccc(CN3CCOCC3)cc2)nc1CCl. The highest BCUT2D eigenvalue weighted by atomic mass is 35.5. The number of hydrogen-bond donors (Lipinski definition) is 0. The molecule has 0 atom stereocenters. The Hall–Kier alpha value is -0.940. The second-order valence-electron chi connectivity index (χ2n) is 5.24. The molecule has 0 saturated carbocycles. The molecular formula is C16H19ClN2OS. The van der Waals surface area contributed by atoms with E-state index in [1.54, 1.807) is 11.3 Å². The van der Waals surface area contributed by atoms with Crippen LogP contribution in [0.15, 0.2) is 24.3 Å². The molecular weight excluding hydrogens is 304 g/mol. The molecule has 112 valence electrons. The van der Waals surface area contributed by atoms with Crippen molar-refractivity contribution in [3.05, 3.63) is 40.4 Å². The highest BCUT2D eigenvalue weighted by Gasteiger charge is 2.12. The molecule has 1 aliphatic heterocycles. The van der Waals surface area contributed by atoms with E-state index in [-0.39, 0.29) is 0 Å². The third-order valence-corrected chi connectivity index (χ3v) is 5.05. The Labute approximate surface area is 134 Å². The van der Waals surface area contributed by atoms with Gasteiger partial charge in [-0.2, -0.15) is 0 Å². The summed E-state index contributed by atoms with van der Waals surface area (Å²) in [4.78, 5) is 8.24. The van der Waals surface area contributed by atoms with E-state index >= 15 is 0 Å². The smallest absolute Gasteiger partial charge is 0.123 e. The second kappa shape index (κ2) is 6.88. The second-order valence-corrected chi connectivity index (χ2v) is 6.71. The van der Waals surface area contributed by atoms with Gasteiger partial charge >= 0.3 is 0 Å². The monoisotopic (exact) mass is 322 g/mol. The van der Waals surface area contributed by atoms with Gasteiger partial charge in [-0.05, 0) is 12.5 Å². The Morgan fingerprint density at radius 3 is 2.57 bits per heavy atom. The average molecular weight is 323 g/mol. The van der Waals surface area contributed by atoms with Crippen LogP contribution in [-0.4, -0.2) is 36.2 Å². The number of aromatic nitrogens is 1. The van der Waals surface area contributed by atoms with Crippen LogP contribution >= 0.6 is 22.9 Å². The topological polar surface area (TPSA) is 25.4 Å². The van der Waals surface area contributed by atoms with Crippen LogP contribution in [0.2, 0.25) is 0 Å². The van der Waals surface area contributed by atoms with Crippen LogP contribution in [0.25, 0.3) is 10.6 Å². The maximum atomic E-state index is 5.90. The van der Waals surface area contributed by atoms with Gasteiger partial charge in [0.15, 0.2) is 0 Å². The normalized spacial score (nSPS) is 16.3. The molecule has 21 heavy (non-hydrogen) atoms. The standard InChI is InChI=1S/C16H19ClN2OS/c1-12-15(10-17)18-16(21-12)14-4-2-13(3-5-14)11-19-6-8-20-9-7-19/h2-5H,6-11H2,1H3. The fraction of sp³-hybridized carbons (Fsp3) is 0.438. The predicted molar refractivity (Wildman–Crippen MR) is 87.9 cm³/mol. The first-order valence-electron chi connectivity index (χ1n) is 7.18. The van der Waals surface area contributed by atoms with Crippen molar-refractivity contribution in [2.75, 3.05) is 26.3 Å². The number of benzene rings is 1. The van der Waals surface area contributed by atoms with Crippen molar-refractivity contribution in [2.45, 2.75) is 19.3 Å². The molecule has 1 fully saturated rings. The van der Waals surface area contributed by atoms with E-state index in [1.165, 1.54) is 16.0 Å². The van der Waals surface area contributed by atoms with E-state index in [0.717, 1.165) is 43.5 Å². The summed E-state index contributed by atoms with van der Waals surface area (Å²) in [6, 6.07) is 8.71. The molecule has 0 unspecified atom stereocenters. The molecule has 1 aliphatic rings. The number of aryl methyl sites for hydroxylation is 1. The van der Waals surface area contributed by atoms with E-state index in [1.807, 2.05) is 0 Å². The Morgan fingerprint density at radius 2 is 1.95 bits per heavy atom. The number of halogens is 1. The Kier molecular flexibility index (Phi) is 4.91. The van der Waals surface area contributed by atoms with Crippen LogP contribution < -0.4 is 0 Å². The van der Waals surface area contributed by atoms with Crippen molar-refractivity contribution in [1.29, 1.82) is 0 Å². The summed E-state index contributed by atoms with van der Waals surface area (Å²) in [6.07, 6.45) is 0. The van der Waals surface area contributed by atoms with Gasteiger partial charge in [0.05, 0.1) is 24.8 Å². The zero-order chi connectivity index (χ0) is 14.7. The van der Waals surface area contributed by atoms with Crippen LogP contribution in [-0.2, 0) is 17.2 Å². The zero-order valence-corrected chi connectivity index (χ0v) is 13.7. The number of ether oxygens (including phenoxy) is 1. The molecule has 0 bridgehead atoms. The Morgan fingerprint density at radius 1 is 1.24 bits per heavy atom. The summed E-state index contributed by atoms with van der Waals surface area (Å²) in [6.45, 7) is 6.80. The maximum absolute atomic E-state index is 5.90. The van der Waals surface area contributed by atoms with Crippen molar-refractivity contribution >= 4 is 22.9 Å². The summed E-state index contributed by atoms with van der Waals surface area (Å²) in [5.74, 6) is 0.484. The summed E-state index contributed by atoms with van der Waals surface area (Å²) in [5.41, 5.74) is 3.51. The van der Waals surface area contributed by atoms with Gasteiger partial charge in [0, 0.05) is 30.1 Å². The lowest BCUT2D eigenvalue weighted by Crippen LogP contribution is -2.35. The molecule has 3 rings (SSSR count). The van der Waals surface area contributed by atoms with Gasteiger partial charge in [0.1, 0.15) is 5.01 Å². The fourth-order valence-corrected chi connectivity index (χ4v) is 3.72. The molecule has 0 aliphatic carbocycles. The van der Waals surface area contributed by atoms with Crippen LogP contribution in [0.3, 0.4) is 0 Å². The van der Waals surface area contributed by atoms with Gasteiger partial charge in [-0.1, -0.05) is 24.3 Å². The van der Waals surface area contributed by atoms with E-state index in [9.17, 15) is 0 Å². The van der Waals surface area contributed by atoms with Crippen LogP contribution in [0.1, 0.15) is 16.1 Å². The number of nitrogens with zero attached hydrogens (tertiary/aromatic N) is 2. The van der Waals surface area contributed by atoms with E-state index in [2.05, 4.69) is 41.1 Å². The zero-order valence-electron chi connectivity index (χ0n) is 12.1. The van der Waals surface area contributed by atoms with Gasteiger partial charge < -0.3 is 4.74 Å². The average Bonchev–Trinajstić information content (AvgIpc) is 2.90. The first-order valence-corrected chi connectivity index (χ1v) is 8.53. The first-order chi connectivity index (χ1) is 10.3. The number of thiazole rings is 1. The van der Waals surface area contributed by atoms with Gasteiger partial charge in [-0.25, -0.2) is 4.98 Å². The molecule has 2 heterocycles. The van der Waals surface area contributed by atoms with Gasteiger partial charge in [0.25, 0.3) is 0 Å². The lowest BCUT2D eigenvalue weighted by molar-refractivity contribution is 0.0342. The highest BCUT2D eigenvalue weighted by molar-refractivity contribution is 7.15. The quantitative estimate of drug-likeness (QED) is 0.803. The van der Waals surface area contributed by atoms with Crippen molar-refractivity contribution < 1.29 is 4.74 Å². The summed E-state index contributed by atoms with van der Waals surface area (Å²) in [5, 5.41) is 1.06. The fourth-order valence-electron chi connectivity index (χ4n) is 2.45. The highest BCUT2D eigenvalue weighted by Crippen LogP contribution is 2.28.